The maximum Gasteiger partial charge on any atom is 0.459 e. The van der Waals surface area contributed by atoms with E-state index in [9.17, 15) is 52.0 Å². The van der Waals surface area contributed by atoms with Gasteiger partial charge in [0.15, 0.2) is 0 Å². The van der Waals surface area contributed by atoms with Gasteiger partial charge in [0.1, 0.15) is 0 Å². The van der Waals surface area contributed by atoms with Gasteiger partial charge in [0.25, 0.3) is 0 Å². The fourth-order valence-corrected chi connectivity index (χ4v) is 8.02. The quantitative estimate of drug-likeness (QED) is 0.0648. The fourth-order valence-electron chi connectivity index (χ4n) is 7.22. The van der Waals surface area contributed by atoms with E-state index in [0.29, 0.717) is 19.3 Å². The monoisotopic (exact) mass is 998 g/mol. The molecule has 0 spiro atoms. The largest absolute Gasteiger partial charge is 0.459 e. The molecule has 0 radical (unpaired) electrons. The zero-order valence-corrected chi connectivity index (χ0v) is 42.1. The highest BCUT2D eigenvalue weighted by Crippen LogP contribution is 2.60. The molecule has 3 atom stereocenters. The molecule has 3 unspecified atom stereocenters. The molecule has 22 heteroatoms. The lowest BCUT2D eigenvalue weighted by Crippen LogP contribution is -2.66. The van der Waals surface area contributed by atoms with E-state index in [-0.39, 0.29) is 18.3 Å². The predicted molar refractivity (Wildman–Crippen MR) is 221 cm³/mol. The molecule has 8 nitrogen and oxygen atoms in total. The summed E-state index contributed by atoms with van der Waals surface area (Å²) in [5, 5.41) is -13.2. The topological polar surface area (TPSA) is 127 Å². The highest BCUT2D eigenvalue weighted by atomic mass is 32.2. The van der Waals surface area contributed by atoms with Crippen LogP contribution in [0.15, 0.2) is 0 Å². The Bertz CT molecular complexity index is 1800. The minimum Gasteiger partial charge on any atom is -0.312 e. The third kappa shape index (κ3) is 12.6. The minimum absolute atomic E-state index is 0.0182. The highest BCUT2D eigenvalue weighted by Gasteiger charge is 2.86. The molecule has 0 aromatic heterocycles. The lowest BCUT2D eigenvalue weighted by molar-refractivity contribution is -0.433. The van der Waals surface area contributed by atoms with Gasteiger partial charge >= 0.3 is 54.8 Å². The first-order valence-electron chi connectivity index (χ1n) is 21.0. The van der Waals surface area contributed by atoms with E-state index in [0.717, 1.165) is 6.42 Å². The van der Waals surface area contributed by atoms with Gasteiger partial charge in [-0.1, -0.05) is 137 Å². The second-order valence-corrected chi connectivity index (χ2v) is 25.8. The molecule has 0 amide bonds. The van der Waals surface area contributed by atoms with Crippen molar-refractivity contribution in [1.29, 1.82) is 0 Å². The molecule has 0 aromatic rings. The van der Waals surface area contributed by atoms with Gasteiger partial charge in [-0.15, -0.1) is 0 Å². The predicted octanol–water partition coefficient (Wildman–Crippen LogP) is 14.5. The van der Waals surface area contributed by atoms with Crippen LogP contribution in [0, 0.1) is 43.3 Å². The summed E-state index contributed by atoms with van der Waals surface area (Å²) >= 11 is 0. The van der Waals surface area contributed by atoms with Crippen molar-refractivity contribution >= 4 is 20.2 Å². The molecule has 0 aliphatic rings. The summed E-state index contributed by atoms with van der Waals surface area (Å²) in [6.45, 7) is 28.9. The molecule has 0 aliphatic heterocycles. The SMILES string of the molecule is CCC(C)(C)CCC(C)(CC)C(C)(C)C(CC(C)(C)C(C)(C)CCC(C)(C)C(C)(C)C(CC(C)(C)C)OC(F)(F)C(F)(F)C(F)(F)C(F)(F)S(=O)(=O)O)OC(F)(F)C(F)(F)S(=O)(=O)O. The Morgan fingerprint density at radius 2 is 0.812 bits per heavy atom. The summed E-state index contributed by atoms with van der Waals surface area (Å²) in [4.78, 5) is 0. The maximum atomic E-state index is 15.5. The molecule has 2 N–H and O–H groups in total. The Morgan fingerprint density at radius 1 is 0.438 bits per heavy atom. The van der Waals surface area contributed by atoms with Crippen molar-refractivity contribution in [1.82, 2.24) is 0 Å². The first-order valence-corrected chi connectivity index (χ1v) is 23.9. The summed E-state index contributed by atoms with van der Waals surface area (Å²) in [6, 6.07) is 0. The molecule has 0 aliphatic carbocycles. The Kier molecular flexibility index (Phi) is 18.3. The Morgan fingerprint density at radius 3 is 1.17 bits per heavy atom. The third-order valence-electron chi connectivity index (χ3n) is 15.4. The van der Waals surface area contributed by atoms with Crippen molar-refractivity contribution in [3.63, 3.8) is 0 Å². The van der Waals surface area contributed by atoms with Gasteiger partial charge in [0, 0.05) is 0 Å². The fraction of sp³-hybridized carbons (Fsp3) is 1.00. The summed E-state index contributed by atoms with van der Waals surface area (Å²) in [6.07, 6.45) is -15.3. The van der Waals surface area contributed by atoms with Crippen LogP contribution in [0.1, 0.15) is 176 Å². The zero-order valence-electron chi connectivity index (χ0n) is 40.5. The van der Waals surface area contributed by atoms with Crippen LogP contribution >= 0.6 is 0 Å². The molecule has 0 bridgehead atoms. The van der Waals surface area contributed by atoms with E-state index in [4.69, 9.17) is 13.8 Å². The lowest BCUT2D eigenvalue weighted by atomic mass is 9.53. The van der Waals surface area contributed by atoms with E-state index in [1.54, 1.807) is 41.5 Å². The smallest absolute Gasteiger partial charge is 0.312 e. The van der Waals surface area contributed by atoms with E-state index < -0.39 is 118 Å². The van der Waals surface area contributed by atoms with E-state index in [1.807, 2.05) is 20.8 Å². The van der Waals surface area contributed by atoms with Crippen molar-refractivity contribution in [2.24, 2.45) is 43.3 Å². The van der Waals surface area contributed by atoms with Gasteiger partial charge < -0.3 is 9.47 Å². The first kappa shape index (κ1) is 62.9. The average Bonchev–Trinajstić information content (AvgIpc) is 3.06. The van der Waals surface area contributed by atoms with Crippen molar-refractivity contribution in [3.8, 4) is 0 Å². The number of ether oxygens (including phenoxy) is 2. The highest BCUT2D eigenvalue weighted by molar-refractivity contribution is 7.87. The van der Waals surface area contributed by atoms with Crippen LogP contribution in [0.25, 0.3) is 0 Å². The van der Waals surface area contributed by atoms with E-state index in [2.05, 4.69) is 4.74 Å². The summed E-state index contributed by atoms with van der Waals surface area (Å²) < 4.78 is 250. The lowest BCUT2D eigenvalue weighted by Gasteiger charge is -2.54. The van der Waals surface area contributed by atoms with Gasteiger partial charge in [-0.2, -0.15) is 69.5 Å². The number of hydrogen-bond donors (Lipinski definition) is 2. The summed E-state index contributed by atoms with van der Waals surface area (Å²) in [7, 11) is -14.1. The molecule has 386 valence electrons. The van der Waals surface area contributed by atoms with Crippen LogP contribution in [-0.2, 0) is 29.7 Å². The second kappa shape index (κ2) is 18.7. The molecule has 0 rings (SSSR count). The number of alkyl halides is 12. The molecular weight excluding hydrogens is 925 g/mol. The molecule has 0 fully saturated rings. The number of rotatable bonds is 26. The van der Waals surface area contributed by atoms with Crippen LogP contribution in [0.3, 0.4) is 0 Å². The van der Waals surface area contributed by atoms with Crippen molar-refractivity contribution in [2.45, 2.75) is 223 Å². The van der Waals surface area contributed by atoms with Gasteiger partial charge in [-0.25, -0.2) is 0 Å². The minimum atomic E-state index is -7.40. The van der Waals surface area contributed by atoms with Gasteiger partial charge in [0.2, 0.25) is 0 Å². The number of halogens is 12. The summed E-state index contributed by atoms with van der Waals surface area (Å²) in [5.74, 6) is -14.6. The van der Waals surface area contributed by atoms with Gasteiger partial charge in [-0.05, 0) is 81.8 Å². The van der Waals surface area contributed by atoms with Crippen molar-refractivity contribution in [3.05, 3.63) is 0 Å². The van der Waals surface area contributed by atoms with Gasteiger partial charge in [0.05, 0.1) is 12.2 Å². The van der Waals surface area contributed by atoms with Gasteiger partial charge in [-0.3, -0.25) is 9.11 Å². The summed E-state index contributed by atoms with van der Waals surface area (Å²) in [5.41, 5.74) is -9.08. The molecular formula is C42H74F12O8S2. The van der Waals surface area contributed by atoms with E-state index in [1.165, 1.54) is 62.3 Å². The standard InChI is InChI=1S/C42H74F12O8S2/c1-19-30(6,7)21-24-36(18,20-2)35(16,17)28(62-40(49,50)42(53,54)64(58,59)60)26-33(12,13)31(8,9)22-23-32(10,11)34(14,15)27(25-29(3,4)5)61-39(47,48)37(43,44)38(45,46)41(51,52)63(55,56)57/h27-28H,19-26H2,1-18H3,(H,55,56,57)(H,58,59,60). The molecule has 0 saturated heterocycles. The third-order valence-corrected chi connectivity index (χ3v) is 17.2. The Balaban J connectivity index is 7.39. The normalized spacial score (nSPS) is 17.9. The maximum absolute atomic E-state index is 15.5. The number of hydrogen-bond acceptors (Lipinski definition) is 6. The van der Waals surface area contributed by atoms with Crippen molar-refractivity contribution < 1.29 is 88.1 Å². The van der Waals surface area contributed by atoms with Crippen LogP contribution in [0.5, 0.6) is 0 Å². The second-order valence-electron chi connectivity index (χ2n) is 22.9. The van der Waals surface area contributed by atoms with Crippen LogP contribution in [-0.4, -0.2) is 72.7 Å². The first-order chi connectivity index (χ1) is 27.4. The van der Waals surface area contributed by atoms with Crippen molar-refractivity contribution in [2.75, 3.05) is 0 Å². The van der Waals surface area contributed by atoms with Crippen LogP contribution in [0.4, 0.5) is 52.7 Å². The van der Waals surface area contributed by atoms with E-state index >= 15 is 17.6 Å². The Hall–Kier alpha value is -1.10. The molecule has 0 saturated carbocycles. The average molecular weight is 999 g/mol. The zero-order chi connectivity index (χ0) is 52.2. The molecule has 0 heterocycles. The molecule has 0 aromatic carbocycles. The van der Waals surface area contributed by atoms with Crippen LogP contribution in [0.2, 0.25) is 0 Å². The Labute approximate surface area is 373 Å². The van der Waals surface area contributed by atoms with Crippen LogP contribution < -0.4 is 0 Å². The molecule has 64 heavy (non-hydrogen) atoms.